The first-order valence-corrected chi connectivity index (χ1v) is 7.93. The van der Waals surface area contributed by atoms with Gasteiger partial charge in [0.1, 0.15) is 0 Å². The standard InChI is InChI=1S/C18H31NO/c1-6-20-13-18(15(4)5)19-17(12-14(2)3)16-10-8-7-9-11-16/h7-11,14-15,17-19H,6,12-13H2,1-5H3. The molecule has 0 aromatic heterocycles. The molecular weight excluding hydrogens is 246 g/mol. The van der Waals surface area contributed by atoms with E-state index in [1.807, 2.05) is 0 Å². The Bertz CT molecular complexity index is 348. The van der Waals surface area contributed by atoms with E-state index in [1.165, 1.54) is 5.56 Å². The molecule has 0 fully saturated rings. The molecule has 0 aliphatic heterocycles. The smallest absolute Gasteiger partial charge is 0.0622 e. The van der Waals surface area contributed by atoms with Crippen molar-refractivity contribution in [3.63, 3.8) is 0 Å². The number of hydrogen-bond acceptors (Lipinski definition) is 2. The summed E-state index contributed by atoms with van der Waals surface area (Å²) in [6.45, 7) is 12.7. The van der Waals surface area contributed by atoms with Crippen LogP contribution in [0.2, 0.25) is 0 Å². The minimum absolute atomic E-state index is 0.402. The average molecular weight is 277 g/mol. The van der Waals surface area contributed by atoms with Crippen LogP contribution in [0.1, 0.15) is 52.6 Å². The van der Waals surface area contributed by atoms with Crippen LogP contribution in [0.3, 0.4) is 0 Å². The highest BCUT2D eigenvalue weighted by atomic mass is 16.5. The van der Waals surface area contributed by atoms with Crippen LogP contribution in [0.15, 0.2) is 30.3 Å². The summed E-state index contributed by atoms with van der Waals surface area (Å²) in [6.07, 6.45) is 1.15. The highest BCUT2D eigenvalue weighted by Crippen LogP contribution is 2.23. The van der Waals surface area contributed by atoms with E-state index < -0.39 is 0 Å². The molecule has 2 heteroatoms. The van der Waals surface area contributed by atoms with Crippen molar-refractivity contribution in [3.8, 4) is 0 Å². The summed E-state index contributed by atoms with van der Waals surface area (Å²) in [4.78, 5) is 0. The third-order valence-corrected chi connectivity index (χ3v) is 3.63. The van der Waals surface area contributed by atoms with E-state index in [2.05, 4.69) is 70.3 Å². The monoisotopic (exact) mass is 277 g/mol. The molecule has 114 valence electrons. The third-order valence-electron chi connectivity index (χ3n) is 3.63. The Labute approximate surface area is 124 Å². The molecule has 20 heavy (non-hydrogen) atoms. The van der Waals surface area contributed by atoms with Crippen LogP contribution >= 0.6 is 0 Å². The third kappa shape index (κ3) is 6.06. The second-order valence-corrected chi connectivity index (χ2v) is 6.27. The molecule has 1 rings (SSSR count). The number of rotatable bonds is 9. The van der Waals surface area contributed by atoms with Gasteiger partial charge in [-0.3, -0.25) is 0 Å². The lowest BCUT2D eigenvalue weighted by molar-refractivity contribution is 0.102. The van der Waals surface area contributed by atoms with E-state index in [-0.39, 0.29) is 0 Å². The SMILES string of the molecule is CCOCC(NC(CC(C)C)c1ccccc1)C(C)C. The fourth-order valence-electron chi connectivity index (χ4n) is 2.39. The highest BCUT2D eigenvalue weighted by Gasteiger charge is 2.20. The summed E-state index contributed by atoms with van der Waals surface area (Å²) < 4.78 is 5.64. The van der Waals surface area contributed by atoms with Crippen LogP contribution in [0.5, 0.6) is 0 Å². The van der Waals surface area contributed by atoms with Crippen molar-refractivity contribution in [2.24, 2.45) is 11.8 Å². The normalized spacial score (nSPS) is 14.8. The molecule has 0 saturated carbocycles. The molecule has 2 unspecified atom stereocenters. The molecule has 1 aromatic carbocycles. The topological polar surface area (TPSA) is 21.3 Å². The van der Waals surface area contributed by atoms with E-state index >= 15 is 0 Å². The zero-order chi connectivity index (χ0) is 15.0. The van der Waals surface area contributed by atoms with Gasteiger partial charge in [-0.25, -0.2) is 0 Å². The van der Waals surface area contributed by atoms with Crippen molar-refractivity contribution < 1.29 is 4.74 Å². The first-order valence-electron chi connectivity index (χ1n) is 7.93. The van der Waals surface area contributed by atoms with E-state index in [0.29, 0.717) is 23.9 Å². The number of benzene rings is 1. The molecule has 0 spiro atoms. The zero-order valence-corrected chi connectivity index (χ0v) is 13.7. The Morgan fingerprint density at radius 2 is 1.70 bits per heavy atom. The molecule has 1 aromatic rings. The molecule has 1 N–H and O–H groups in total. The maximum atomic E-state index is 5.64. The van der Waals surface area contributed by atoms with Gasteiger partial charge < -0.3 is 10.1 Å². The number of nitrogens with one attached hydrogen (secondary N) is 1. The Kier molecular flexibility index (Phi) is 7.86. The van der Waals surface area contributed by atoms with E-state index in [1.54, 1.807) is 0 Å². The van der Waals surface area contributed by atoms with Crippen LogP contribution in [0, 0.1) is 11.8 Å². The van der Waals surface area contributed by atoms with Crippen molar-refractivity contribution in [3.05, 3.63) is 35.9 Å². The summed E-state index contributed by atoms with van der Waals surface area (Å²) in [6, 6.07) is 11.6. The zero-order valence-electron chi connectivity index (χ0n) is 13.7. The van der Waals surface area contributed by atoms with Crippen molar-refractivity contribution in [2.45, 2.75) is 53.1 Å². The predicted molar refractivity (Wildman–Crippen MR) is 86.9 cm³/mol. The van der Waals surface area contributed by atoms with Gasteiger partial charge >= 0.3 is 0 Å². The van der Waals surface area contributed by atoms with Gasteiger partial charge in [-0.1, -0.05) is 58.0 Å². The second kappa shape index (κ2) is 9.15. The van der Waals surface area contributed by atoms with Crippen LogP contribution in [0.4, 0.5) is 0 Å². The summed E-state index contributed by atoms with van der Waals surface area (Å²) in [5.41, 5.74) is 1.38. The number of ether oxygens (including phenoxy) is 1. The van der Waals surface area contributed by atoms with Gasteiger partial charge in [0.05, 0.1) is 6.61 Å². The highest BCUT2D eigenvalue weighted by molar-refractivity contribution is 5.19. The maximum Gasteiger partial charge on any atom is 0.0622 e. The molecule has 0 heterocycles. The lowest BCUT2D eigenvalue weighted by Gasteiger charge is -2.29. The predicted octanol–water partition coefficient (Wildman–Crippen LogP) is 4.42. The minimum atomic E-state index is 0.402. The summed E-state index contributed by atoms with van der Waals surface area (Å²) in [5, 5.41) is 3.81. The summed E-state index contributed by atoms with van der Waals surface area (Å²) in [7, 11) is 0. The fourth-order valence-corrected chi connectivity index (χ4v) is 2.39. The second-order valence-electron chi connectivity index (χ2n) is 6.27. The molecular formula is C18H31NO. The van der Waals surface area contributed by atoms with Crippen LogP contribution in [0.25, 0.3) is 0 Å². The van der Waals surface area contributed by atoms with Crippen LogP contribution in [-0.2, 0) is 4.74 Å². The molecule has 2 nitrogen and oxygen atoms in total. The van der Waals surface area contributed by atoms with E-state index in [9.17, 15) is 0 Å². The van der Waals surface area contributed by atoms with E-state index in [0.717, 1.165) is 19.6 Å². The molecule has 0 radical (unpaired) electrons. The average Bonchev–Trinajstić information content (AvgIpc) is 2.42. The summed E-state index contributed by atoms with van der Waals surface area (Å²) in [5.74, 6) is 1.24. The Balaban J connectivity index is 2.77. The van der Waals surface area contributed by atoms with Gasteiger partial charge in [0, 0.05) is 18.7 Å². The molecule has 0 saturated heterocycles. The molecule has 0 aliphatic carbocycles. The van der Waals surface area contributed by atoms with Gasteiger partial charge in [-0.05, 0) is 30.7 Å². The fraction of sp³-hybridized carbons (Fsp3) is 0.667. The molecule has 0 aliphatic rings. The van der Waals surface area contributed by atoms with Crippen molar-refractivity contribution >= 4 is 0 Å². The Morgan fingerprint density at radius 1 is 1.05 bits per heavy atom. The lowest BCUT2D eigenvalue weighted by Crippen LogP contribution is -2.40. The van der Waals surface area contributed by atoms with Crippen LogP contribution in [-0.4, -0.2) is 19.3 Å². The maximum absolute atomic E-state index is 5.64. The largest absolute Gasteiger partial charge is 0.380 e. The lowest BCUT2D eigenvalue weighted by atomic mass is 9.94. The van der Waals surface area contributed by atoms with Crippen molar-refractivity contribution in [1.29, 1.82) is 0 Å². The first-order chi connectivity index (χ1) is 9.54. The van der Waals surface area contributed by atoms with Crippen LogP contribution < -0.4 is 5.32 Å². The van der Waals surface area contributed by atoms with E-state index in [4.69, 9.17) is 4.74 Å². The molecule has 2 atom stereocenters. The van der Waals surface area contributed by atoms with Crippen molar-refractivity contribution in [2.75, 3.05) is 13.2 Å². The number of hydrogen-bond donors (Lipinski definition) is 1. The molecule has 0 amide bonds. The quantitative estimate of drug-likeness (QED) is 0.721. The van der Waals surface area contributed by atoms with Gasteiger partial charge in [-0.15, -0.1) is 0 Å². The van der Waals surface area contributed by atoms with Gasteiger partial charge in [0.15, 0.2) is 0 Å². The molecule has 0 bridgehead atoms. The Morgan fingerprint density at radius 3 is 2.20 bits per heavy atom. The van der Waals surface area contributed by atoms with Gasteiger partial charge in [0.2, 0.25) is 0 Å². The first kappa shape index (κ1) is 17.2. The Hall–Kier alpha value is -0.860. The minimum Gasteiger partial charge on any atom is -0.380 e. The van der Waals surface area contributed by atoms with Gasteiger partial charge in [0.25, 0.3) is 0 Å². The summed E-state index contributed by atoms with van der Waals surface area (Å²) >= 11 is 0. The van der Waals surface area contributed by atoms with Crippen molar-refractivity contribution in [1.82, 2.24) is 5.32 Å². The van der Waals surface area contributed by atoms with Gasteiger partial charge in [-0.2, -0.15) is 0 Å².